The Bertz CT molecular complexity index is 728. The molecule has 29 heavy (non-hydrogen) atoms. The number of nitrogens with one attached hydrogen (secondary N) is 1. The number of nitrogens with zero attached hydrogens (tertiary/aromatic N) is 1. The number of benzene rings is 1. The smallest absolute Gasteiger partial charge is 0.226 e. The summed E-state index contributed by atoms with van der Waals surface area (Å²) in [6.45, 7) is 10.7. The van der Waals surface area contributed by atoms with Crippen LogP contribution in [-0.2, 0) is 16.0 Å². The lowest BCUT2D eigenvalue weighted by molar-refractivity contribution is -0.883. The fourth-order valence-electron chi connectivity index (χ4n) is 4.87. The molecule has 1 fully saturated rings. The van der Waals surface area contributed by atoms with Crippen LogP contribution in [0.1, 0.15) is 41.7 Å². The van der Waals surface area contributed by atoms with Crippen molar-refractivity contribution >= 4 is 5.91 Å². The van der Waals surface area contributed by atoms with Crippen LogP contribution in [0.3, 0.4) is 0 Å². The van der Waals surface area contributed by atoms with E-state index in [0.29, 0.717) is 13.2 Å². The van der Waals surface area contributed by atoms with E-state index in [9.17, 15) is 9.90 Å². The standard InChI is InChI=1S/C23H36N2O4/c1-15-14-20(29-13-12-28-5)17(3)21-18(15)6-7-19(22(21)26)16(2)23(27)25-10-8-24(4)9-11-25/h14,16,19,22,26H,6-13H2,1-5H3/p+1/t16-,19+,22+/m0/s1. The number of carbonyl (C=O) groups is 1. The van der Waals surface area contributed by atoms with Crippen LogP contribution in [0.5, 0.6) is 5.75 Å². The van der Waals surface area contributed by atoms with Gasteiger partial charge in [0.2, 0.25) is 5.91 Å². The van der Waals surface area contributed by atoms with Crippen LogP contribution in [0.15, 0.2) is 6.07 Å². The Morgan fingerprint density at radius 3 is 2.66 bits per heavy atom. The molecular weight excluding hydrogens is 368 g/mol. The molecule has 6 heteroatoms. The Hall–Kier alpha value is -1.63. The third kappa shape index (κ3) is 4.60. The molecule has 1 aliphatic heterocycles. The second-order valence-corrected chi connectivity index (χ2v) is 8.77. The molecule has 3 atom stereocenters. The number of piperazine rings is 1. The zero-order valence-corrected chi connectivity index (χ0v) is 18.6. The molecule has 162 valence electrons. The molecule has 3 rings (SSSR count). The third-order valence-corrected chi connectivity index (χ3v) is 6.86. The quantitative estimate of drug-likeness (QED) is 0.691. The first-order valence-electron chi connectivity index (χ1n) is 10.9. The summed E-state index contributed by atoms with van der Waals surface area (Å²) in [5, 5.41) is 11.3. The molecule has 0 spiro atoms. The molecule has 1 saturated heterocycles. The number of aliphatic hydroxyl groups excluding tert-OH is 1. The lowest BCUT2D eigenvalue weighted by Gasteiger charge is -2.38. The van der Waals surface area contributed by atoms with E-state index in [4.69, 9.17) is 9.47 Å². The topological polar surface area (TPSA) is 63.4 Å². The number of fused-ring (bicyclic) bond motifs is 1. The summed E-state index contributed by atoms with van der Waals surface area (Å²) in [4.78, 5) is 16.6. The maximum Gasteiger partial charge on any atom is 0.226 e. The van der Waals surface area contributed by atoms with Gasteiger partial charge in [0.05, 0.1) is 45.9 Å². The Balaban J connectivity index is 1.80. The molecule has 1 aliphatic carbocycles. The second kappa shape index (κ2) is 9.45. The van der Waals surface area contributed by atoms with Crippen LogP contribution < -0.4 is 9.64 Å². The molecule has 0 unspecified atom stereocenters. The van der Waals surface area contributed by atoms with Gasteiger partial charge in [-0.2, -0.15) is 0 Å². The highest BCUT2D eigenvalue weighted by atomic mass is 16.5. The minimum Gasteiger partial charge on any atom is -0.491 e. The fraction of sp³-hybridized carbons (Fsp3) is 0.696. The van der Waals surface area contributed by atoms with Crippen molar-refractivity contribution in [2.75, 3.05) is 53.6 Å². The number of aliphatic hydroxyl groups is 1. The number of rotatable bonds is 6. The van der Waals surface area contributed by atoms with Crippen molar-refractivity contribution in [3.63, 3.8) is 0 Å². The molecule has 1 amide bonds. The number of amides is 1. The van der Waals surface area contributed by atoms with Gasteiger partial charge in [-0.1, -0.05) is 6.92 Å². The van der Waals surface area contributed by atoms with Crippen LogP contribution in [0.25, 0.3) is 0 Å². The molecule has 0 bridgehead atoms. The van der Waals surface area contributed by atoms with Gasteiger partial charge in [0.25, 0.3) is 0 Å². The normalized spacial score (nSPS) is 23.6. The lowest BCUT2D eigenvalue weighted by Crippen LogP contribution is -3.12. The second-order valence-electron chi connectivity index (χ2n) is 8.77. The van der Waals surface area contributed by atoms with Crippen molar-refractivity contribution in [2.45, 2.75) is 39.7 Å². The first kappa shape index (κ1) is 22.1. The number of aryl methyl sites for hydroxylation is 1. The number of hydrogen-bond donors (Lipinski definition) is 2. The summed E-state index contributed by atoms with van der Waals surface area (Å²) in [5.74, 6) is 0.745. The van der Waals surface area contributed by atoms with E-state index < -0.39 is 6.10 Å². The van der Waals surface area contributed by atoms with E-state index in [0.717, 1.165) is 61.5 Å². The number of likely N-dealkylation sites (N-methyl/N-ethyl adjacent to an activating group) is 1. The molecular formula is C23H37N2O4+. The van der Waals surface area contributed by atoms with Crippen LogP contribution in [0.4, 0.5) is 0 Å². The minimum absolute atomic E-state index is 0.0608. The minimum atomic E-state index is -0.638. The summed E-state index contributed by atoms with van der Waals surface area (Å²) in [6.07, 6.45) is 1.09. The summed E-state index contributed by atoms with van der Waals surface area (Å²) in [5.41, 5.74) is 4.32. The molecule has 0 aromatic heterocycles. The van der Waals surface area contributed by atoms with Crippen LogP contribution in [-0.4, -0.2) is 69.5 Å². The van der Waals surface area contributed by atoms with Gasteiger partial charge in [-0.3, -0.25) is 4.79 Å². The Labute approximate surface area is 174 Å². The zero-order valence-electron chi connectivity index (χ0n) is 18.6. The van der Waals surface area contributed by atoms with Gasteiger partial charge in [-0.15, -0.1) is 0 Å². The maximum absolute atomic E-state index is 13.1. The highest BCUT2D eigenvalue weighted by Crippen LogP contribution is 2.44. The molecule has 1 heterocycles. The first-order chi connectivity index (χ1) is 13.8. The van der Waals surface area contributed by atoms with Gasteiger partial charge >= 0.3 is 0 Å². The predicted molar refractivity (Wildman–Crippen MR) is 112 cm³/mol. The number of ether oxygens (including phenoxy) is 2. The zero-order chi connectivity index (χ0) is 21.1. The number of quaternary nitrogens is 1. The molecule has 1 aromatic carbocycles. The average molecular weight is 406 g/mol. The molecule has 0 saturated carbocycles. The third-order valence-electron chi connectivity index (χ3n) is 6.86. The molecule has 2 aliphatic rings. The highest BCUT2D eigenvalue weighted by molar-refractivity contribution is 5.79. The molecule has 1 aromatic rings. The van der Waals surface area contributed by atoms with E-state index in [1.807, 2.05) is 18.7 Å². The predicted octanol–water partition coefficient (Wildman–Crippen LogP) is 0.917. The monoisotopic (exact) mass is 405 g/mol. The van der Waals surface area contributed by atoms with Gasteiger partial charge in [0.15, 0.2) is 0 Å². The Morgan fingerprint density at radius 1 is 1.31 bits per heavy atom. The van der Waals surface area contributed by atoms with Crippen LogP contribution in [0.2, 0.25) is 0 Å². The Kier molecular flexibility index (Phi) is 7.19. The van der Waals surface area contributed by atoms with E-state index in [2.05, 4.69) is 20.0 Å². The number of carbonyl (C=O) groups excluding carboxylic acids is 1. The van der Waals surface area contributed by atoms with E-state index in [1.54, 1.807) is 7.11 Å². The Morgan fingerprint density at radius 2 is 2.00 bits per heavy atom. The average Bonchev–Trinajstić information content (AvgIpc) is 2.71. The summed E-state index contributed by atoms with van der Waals surface area (Å²) < 4.78 is 11.0. The fourth-order valence-corrected chi connectivity index (χ4v) is 4.87. The van der Waals surface area contributed by atoms with Gasteiger partial charge in [0.1, 0.15) is 12.4 Å². The first-order valence-corrected chi connectivity index (χ1v) is 10.9. The summed E-state index contributed by atoms with van der Waals surface area (Å²) in [7, 11) is 3.83. The van der Waals surface area contributed by atoms with Crippen molar-refractivity contribution in [2.24, 2.45) is 11.8 Å². The van der Waals surface area contributed by atoms with Gasteiger partial charge in [-0.25, -0.2) is 0 Å². The van der Waals surface area contributed by atoms with E-state index in [-0.39, 0.29) is 17.7 Å². The van der Waals surface area contributed by atoms with Gasteiger partial charge in [0, 0.05) is 18.9 Å². The lowest BCUT2D eigenvalue weighted by atomic mass is 9.72. The van der Waals surface area contributed by atoms with Crippen molar-refractivity contribution in [1.82, 2.24) is 4.90 Å². The highest BCUT2D eigenvalue weighted by Gasteiger charge is 2.39. The number of hydrogen-bond acceptors (Lipinski definition) is 4. The molecule has 2 N–H and O–H groups in total. The van der Waals surface area contributed by atoms with Crippen molar-refractivity contribution in [3.8, 4) is 5.75 Å². The SMILES string of the molecule is COCCOc1cc(C)c2c(c1C)[C@H](O)[C@@H]([C@H](C)C(=O)N1CC[NH+](C)CC1)CC2. The summed E-state index contributed by atoms with van der Waals surface area (Å²) >= 11 is 0. The molecule has 0 radical (unpaired) electrons. The van der Waals surface area contributed by atoms with Gasteiger partial charge in [-0.05, 0) is 55.0 Å². The van der Waals surface area contributed by atoms with Crippen molar-refractivity contribution < 1.29 is 24.3 Å². The van der Waals surface area contributed by atoms with Crippen LogP contribution >= 0.6 is 0 Å². The maximum atomic E-state index is 13.1. The molecule has 6 nitrogen and oxygen atoms in total. The van der Waals surface area contributed by atoms with Crippen LogP contribution in [0, 0.1) is 25.7 Å². The largest absolute Gasteiger partial charge is 0.491 e. The summed E-state index contributed by atoms with van der Waals surface area (Å²) in [6, 6.07) is 2.07. The number of methoxy groups -OCH3 is 1. The van der Waals surface area contributed by atoms with Crippen molar-refractivity contribution in [3.05, 3.63) is 28.3 Å². The van der Waals surface area contributed by atoms with E-state index in [1.165, 1.54) is 10.5 Å². The van der Waals surface area contributed by atoms with Crippen molar-refractivity contribution in [1.29, 1.82) is 0 Å². The van der Waals surface area contributed by atoms with Gasteiger partial charge < -0.3 is 24.4 Å². The van der Waals surface area contributed by atoms with E-state index >= 15 is 0 Å².